The number of hydrogen-bond donors (Lipinski definition) is 0. The summed E-state index contributed by atoms with van der Waals surface area (Å²) >= 11 is 2.30. The number of rotatable bonds is 3. The predicted molar refractivity (Wildman–Crippen MR) is 87.8 cm³/mol. The molecule has 1 aromatic heterocycles. The van der Waals surface area contributed by atoms with Crippen LogP contribution >= 0.6 is 22.6 Å². The minimum Gasteiger partial charge on any atom is -0.471 e. The van der Waals surface area contributed by atoms with Gasteiger partial charge < -0.3 is 4.74 Å². The molecule has 3 nitrogen and oxygen atoms in total. The number of ether oxygens (including phenoxy) is 1. The van der Waals surface area contributed by atoms with E-state index in [0.717, 1.165) is 22.0 Å². The van der Waals surface area contributed by atoms with Gasteiger partial charge in [-0.15, -0.1) is 5.10 Å². The minimum absolute atomic E-state index is 0.500. The van der Waals surface area contributed by atoms with E-state index in [4.69, 9.17) is 4.74 Å². The van der Waals surface area contributed by atoms with E-state index >= 15 is 0 Å². The van der Waals surface area contributed by atoms with Crippen molar-refractivity contribution in [2.24, 2.45) is 0 Å². The summed E-state index contributed by atoms with van der Waals surface area (Å²) in [7, 11) is 0. The van der Waals surface area contributed by atoms with Crippen LogP contribution in [0.4, 0.5) is 0 Å². The quantitative estimate of drug-likeness (QED) is 0.645. The van der Waals surface area contributed by atoms with Gasteiger partial charge in [-0.3, -0.25) is 0 Å². The Morgan fingerprint density at radius 1 is 1.00 bits per heavy atom. The van der Waals surface area contributed by atoms with E-state index in [0.29, 0.717) is 12.5 Å². The molecule has 0 saturated heterocycles. The zero-order chi connectivity index (χ0) is 13.9. The second-order valence-corrected chi connectivity index (χ2v) is 5.80. The van der Waals surface area contributed by atoms with Gasteiger partial charge in [-0.25, -0.2) is 0 Å². The van der Waals surface area contributed by atoms with Gasteiger partial charge in [0, 0.05) is 14.3 Å². The van der Waals surface area contributed by atoms with Crippen molar-refractivity contribution >= 4 is 33.4 Å². The molecular weight excluding hydrogens is 363 g/mol. The van der Waals surface area contributed by atoms with Crippen molar-refractivity contribution in [1.29, 1.82) is 0 Å². The highest BCUT2D eigenvalue weighted by Gasteiger charge is 2.08. The lowest BCUT2D eigenvalue weighted by Crippen LogP contribution is -2.00. The molecule has 20 heavy (non-hydrogen) atoms. The van der Waals surface area contributed by atoms with Crippen LogP contribution in [0.5, 0.6) is 5.88 Å². The van der Waals surface area contributed by atoms with Gasteiger partial charge in [0.1, 0.15) is 6.61 Å². The van der Waals surface area contributed by atoms with Crippen LogP contribution in [0.1, 0.15) is 11.3 Å². The lowest BCUT2D eigenvalue weighted by molar-refractivity contribution is 0.294. The summed E-state index contributed by atoms with van der Waals surface area (Å²) in [5.41, 5.74) is 2.04. The second-order valence-electron chi connectivity index (χ2n) is 4.55. The molecule has 0 amide bonds. The second kappa shape index (κ2) is 5.75. The standard InChI is InChI=1S/C16H13IN2O/c1-11-15-9-13(17)7-8-14(15)16(19-18-11)20-10-12-5-3-2-4-6-12/h2-9H,10H2,1H3. The summed E-state index contributed by atoms with van der Waals surface area (Å²) in [6.45, 7) is 2.46. The molecule has 100 valence electrons. The third kappa shape index (κ3) is 2.75. The Morgan fingerprint density at radius 2 is 1.80 bits per heavy atom. The highest BCUT2D eigenvalue weighted by Crippen LogP contribution is 2.26. The average molecular weight is 376 g/mol. The van der Waals surface area contributed by atoms with Gasteiger partial charge in [-0.1, -0.05) is 30.3 Å². The van der Waals surface area contributed by atoms with Crippen molar-refractivity contribution in [2.75, 3.05) is 0 Å². The Hall–Kier alpha value is -1.69. The Labute approximate surface area is 131 Å². The molecule has 0 N–H and O–H groups in total. The highest BCUT2D eigenvalue weighted by atomic mass is 127. The molecular formula is C16H13IN2O. The minimum atomic E-state index is 0.500. The molecule has 0 spiro atoms. The average Bonchev–Trinajstić information content (AvgIpc) is 2.48. The van der Waals surface area contributed by atoms with Crippen LogP contribution in [-0.4, -0.2) is 10.2 Å². The zero-order valence-electron chi connectivity index (χ0n) is 11.0. The Morgan fingerprint density at radius 3 is 2.60 bits per heavy atom. The van der Waals surface area contributed by atoms with Gasteiger partial charge >= 0.3 is 0 Å². The van der Waals surface area contributed by atoms with Crippen LogP contribution in [0, 0.1) is 10.5 Å². The SMILES string of the molecule is Cc1nnc(OCc2ccccc2)c2ccc(I)cc12. The first-order chi connectivity index (χ1) is 9.74. The van der Waals surface area contributed by atoms with Gasteiger partial charge in [0.15, 0.2) is 0 Å². The van der Waals surface area contributed by atoms with Crippen LogP contribution < -0.4 is 4.74 Å². The first-order valence-electron chi connectivity index (χ1n) is 6.33. The highest BCUT2D eigenvalue weighted by molar-refractivity contribution is 14.1. The molecule has 1 heterocycles. The molecule has 0 aliphatic heterocycles. The molecule has 0 saturated carbocycles. The zero-order valence-corrected chi connectivity index (χ0v) is 13.2. The van der Waals surface area contributed by atoms with E-state index in [2.05, 4.69) is 44.9 Å². The largest absolute Gasteiger partial charge is 0.471 e. The number of hydrogen-bond acceptors (Lipinski definition) is 3. The molecule has 0 aliphatic rings. The third-order valence-electron chi connectivity index (χ3n) is 3.11. The van der Waals surface area contributed by atoms with E-state index in [1.807, 2.05) is 43.3 Å². The molecule has 0 radical (unpaired) electrons. The van der Waals surface area contributed by atoms with Crippen LogP contribution in [-0.2, 0) is 6.61 Å². The van der Waals surface area contributed by atoms with E-state index < -0.39 is 0 Å². The maximum atomic E-state index is 5.82. The first-order valence-corrected chi connectivity index (χ1v) is 7.41. The van der Waals surface area contributed by atoms with Crippen molar-refractivity contribution in [1.82, 2.24) is 10.2 Å². The van der Waals surface area contributed by atoms with E-state index in [-0.39, 0.29) is 0 Å². The molecule has 2 aromatic carbocycles. The van der Waals surface area contributed by atoms with Crippen molar-refractivity contribution < 1.29 is 4.74 Å². The fourth-order valence-corrected chi connectivity index (χ4v) is 2.55. The molecule has 0 atom stereocenters. The molecule has 0 aliphatic carbocycles. The number of nitrogens with zero attached hydrogens (tertiary/aromatic N) is 2. The number of aromatic nitrogens is 2. The van der Waals surface area contributed by atoms with E-state index in [9.17, 15) is 0 Å². The van der Waals surface area contributed by atoms with Crippen LogP contribution in [0.2, 0.25) is 0 Å². The fraction of sp³-hybridized carbons (Fsp3) is 0.125. The number of fused-ring (bicyclic) bond motifs is 1. The smallest absolute Gasteiger partial charge is 0.241 e. The van der Waals surface area contributed by atoms with Crippen molar-refractivity contribution in [2.45, 2.75) is 13.5 Å². The van der Waals surface area contributed by atoms with Gasteiger partial charge in [-0.05, 0) is 53.3 Å². The summed E-state index contributed by atoms with van der Waals surface area (Å²) in [4.78, 5) is 0. The van der Waals surface area contributed by atoms with Gasteiger partial charge in [-0.2, -0.15) is 5.10 Å². The Kier molecular flexibility index (Phi) is 3.82. The number of benzene rings is 2. The van der Waals surface area contributed by atoms with Crippen LogP contribution in [0.25, 0.3) is 10.8 Å². The summed E-state index contributed by atoms with van der Waals surface area (Å²) in [5, 5.41) is 10.5. The fourth-order valence-electron chi connectivity index (χ4n) is 2.06. The maximum absolute atomic E-state index is 5.82. The molecule has 3 rings (SSSR count). The number of halogens is 1. The van der Waals surface area contributed by atoms with Gasteiger partial charge in [0.2, 0.25) is 5.88 Å². The molecule has 4 heteroatoms. The van der Waals surface area contributed by atoms with Crippen molar-refractivity contribution in [3.63, 3.8) is 0 Å². The lowest BCUT2D eigenvalue weighted by atomic mass is 10.1. The molecule has 3 aromatic rings. The molecule has 0 fully saturated rings. The summed E-state index contributed by atoms with van der Waals surface area (Å²) in [6, 6.07) is 16.3. The third-order valence-corrected chi connectivity index (χ3v) is 3.78. The van der Waals surface area contributed by atoms with E-state index in [1.54, 1.807) is 0 Å². The van der Waals surface area contributed by atoms with Crippen molar-refractivity contribution in [3.05, 3.63) is 63.4 Å². The molecule has 0 unspecified atom stereocenters. The molecule has 0 bridgehead atoms. The monoisotopic (exact) mass is 376 g/mol. The van der Waals surface area contributed by atoms with Gasteiger partial charge in [0.25, 0.3) is 0 Å². The van der Waals surface area contributed by atoms with Crippen LogP contribution in [0.3, 0.4) is 0 Å². The van der Waals surface area contributed by atoms with E-state index in [1.165, 1.54) is 3.57 Å². The van der Waals surface area contributed by atoms with Gasteiger partial charge in [0.05, 0.1) is 5.69 Å². The maximum Gasteiger partial charge on any atom is 0.241 e. The Balaban J connectivity index is 1.94. The first kappa shape index (κ1) is 13.3. The number of aryl methyl sites for hydroxylation is 1. The summed E-state index contributed by atoms with van der Waals surface area (Å²) in [5.74, 6) is 0.589. The summed E-state index contributed by atoms with van der Waals surface area (Å²) in [6.07, 6.45) is 0. The topological polar surface area (TPSA) is 35.0 Å². The predicted octanol–water partition coefficient (Wildman–Crippen LogP) is 4.12. The lowest BCUT2D eigenvalue weighted by Gasteiger charge is -2.09. The Bertz CT molecular complexity index is 744. The normalized spacial score (nSPS) is 10.7. The summed E-state index contributed by atoms with van der Waals surface area (Å²) < 4.78 is 7.00. The van der Waals surface area contributed by atoms with Crippen LogP contribution in [0.15, 0.2) is 48.5 Å². The van der Waals surface area contributed by atoms with Crippen molar-refractivity contribution in [3.8, 4) is 5.88 Å².